The number of imidazole rings is 1. The molecule has 114 valence electrons. The summed E-state index contributed by atoms with van der Waals surface area (Å²) in [6.07, 6.45) is 0.899. The van der Waals surface area contributed by atoms with Gasteiger partial charge in [-0.3, -0.25) is 4.79 Å². The SMILES string of the molecule is CCC(C)NC(=O)Cn1c(CCl)nc2cc(OC)ccc21. The summed E-state index contributed by atoms with van der Waals surface area (Å²) >= 11 is 5.95. The van der Waals surface area contributed by atoms with E-state index in [9.17, 15) is 4.79 Å². The molecule has 0 radical (unpaired) electrons. The Bertz CT molecular complexity index is 639. The van der Waals surface area contributed by atoms with Gasteiger partial charge < -0.3 is 14.6 Å². The van der Waals surface area contributed by atoms with Crippen LogP contribution in [0, 0.1) is 0 Å². The smallest absolute Gasteiger partial charge is 0.240 e. The van der Waals surface area contributed by atoms with Gasteiger partial charge in [-0.1, -0.05) is 6.92 Å². The number of fused-ring (bicyclic) bond motifs is 1. The Labute approximate surface area is 129 Å². The molecule has 6 heteroatoms. The molecular weight excluding hydrogens is 290 g/mol. The number of carbonyl (C=O) groups excluding carboxylic acids is 1. The Kier molecular flexibility index (Phi) is 5.07. The Balaban J connectivity index is 2.31. The van der Waals surface area contributed by atoms with Crippen LogP contribution in [0.3, 0.4) is 0 Å². The van der Waals surface area contributed by atoms with Crippen LogP contribution in [0.15, 0.2) is 18.2 Å². The lowest BCUT2D eigenvalue weighted by Gasteiger charge is -2.13. The Morgan fingerprint density at radius 3 is 2.90 bits per heavy atom. The minimum absolute atomic E-state index is 0.0363. The summed E-state index contributed by atoms with van der Waals surface area (Å²) < 4.78 is 7.04. The van der Waals surface area contributed by atoms with E-state index in [0.29, 0.717) is 5.82 Å². The topological polar surface area (TPSA) is 56.2 Å². The summed E-state index contributed by atoms with van der Waals surface area (Å²) in [7, 11) is 1.61. The van der Waals surface area contributed by atoms with Crippen molar-refractivity contribution >= 4 is 28.5 Å². The van der Waals surface area contributed by atoms with E-state index in [1.807, 2.05) is 36.6 Å². The quantitative estimate of drug-likeness (QED) is 0.835. The van der Waals surface area contributed by atoms with E-state index in [2.05, 4.69) is 10.3 Å². The molecule has 0 spiro atoms. The molecule has 1 atom stereocenters. The molecule has 1 unspecified atom stereocenters. The predicted molar refractivity (Wildman–Crippen MR) is 83.7 cm³/mol. The highest BCUT2D eigenvalue weighted by Gasteiger charge is 2.14. The van der Waals surface area contributed by atoms with Crippen molar-refractivity contribution in [3.8, 4) is 5.75 Å². The Morgan fingerprint density at radius 2 is 2.29 bits per heavy atom. The third-order valence-corrected chi connectivity index (χ3v) is 3.71. The molecule has 5 nitrogen and oxygen atoms in total. The van der Waals surface area contributed by atoms with Gasteiger partial charge in [-0.2, -0.15) is 0 Å². The number of aromatic nitrogens is 2. The summed E-state index contributed by atoms with van der Waals surface area (Å²) in [5, 5.41) is 2.95. The Hall–Kier alpha value is -1.75. The molecule has 0 aliphatic heterocycles. The van der Waals surface area contributed by atoms with Crippen molar-refractivity contribution in [1.29, 1.82) is 0 Å². The number of nitrogens with one attached hydrogen (secondary N) is 1. The van der Waals surface area contributed by atoms with Crippen molar-refractivity contribution in [2.24, 2.45) is 0 Å². The zero-order chi connectivity index (χ0) is 15.4. The Morgan fingerprint density at radius 1 is 1.52 bits per heavy atom. The number of nitrogens with zero attached hydrogens (tertiary/aromatic N) is 2. The van der Waals surface area contributed by atoms with Gasteiger partial charge in [-0.25, -0.2) is 4.98 Å². The van der Waals surface area contributed by atoms with Crippen molar-refractivity contribution in [2.75, 3.05) is 7.11 Å². The second-order valence-corrected chi connectivity index (χ2v) is 5.25. The van der Waals surface area contributed by atoms with Crippen LogP contribution in [0.4, 0.5) is 0 Å². The molecule has 21 heavy (non-hydrogen) atoms. The van der Waals surface area contributed by atoms with Gasteiger partial charge in [-0.15, -0.1) is 11.6 Å². The zero-order valence-electron chi connectivity index (χ0n) is 12.5. The number of amides is 1. The molecule has 1 aromatic heterocycles. The third-order valence-electron chi connectivity index (χ3n) is 3.48. The first-order chi connectivity index (χ1) is 10.1. The van der Waals surface area contributed by atoms with E-state index in [0.717, 1.165) is 23.2 Å². The number of benzene rings is 1. The lowest BCUT2D eigenvalue weighted by Crippen LogP contribution is -2.34. The number of ether oxygens (including phenoxy) is 1. The summed E-state index contributed by atoms with van der Waals surface area (Å²) in [4.78, 5) is 16.6. The average molecular weight is 310 g/mol. The summed E-state index contributed by atoms with van der Waals surface area (Å²) in [6.45, 7) is 4.24. The fourth-order valence-electron chi connectivity index (χ4n) is 2.13. The van der Waals surface area contributed by atoms with Crippen LogP contribution in [0.25, 0.3) is 11.0 Å². The second-order valence-electron chi connectivity index (χ2n) is 4.98. The lowest BCUT2D eigenvalue weighted by atomic mass is 10.2. The van der Waals surface area contributed by atoms with Gasteiger partial charge in [0, 0.05) is 12.1 Å². The van der Waals surface area contributed by atoms with Gasteiger partial charge in [0.05, 0.1) is 24.0 Å². The summed E-state index contributed by atoms with van der Waals surface area (Å²) in [6, 6.07) is 5.75. The molecule has 1 amide bonds. The number of rotatable bonds is 6. The number of halogens is 1. The molecule has 1 N–H and O–H groups in total. The van der Waals surface area contributed by atoms with Crippen LogP contribution in [0.5, 0.6) is 5.75 Å². The fraction of sp³-hybridized carbons (Fsp3) is 0.467. The lowest BCUT2D eigenvalue weighted by molar-refractivity contribution is -0.122. The molecule has 0 aliphatic rings. The largest absolute Gasteiger partial charge is 0.497 e. The van der Waals surface area contributed by atoms with Crippen LogP contribution in [-0.4, -0.2) is 28.6 Å². The van der Waals surface area contributed by atoms with Gasteiger partial charge in [0.15, 0.2) is 0 Å². The normalized spacial score (nSPS) is 12.4. The van der Waals surface area contributed by atoms with Crippen LogP contribution in [0.1, 0.15) is 26.1 Å². The van der Waals surface area contributed by atoms with Crippen LogP contribution in [0.2, 0.25) is 0 Å². The zero-order valence-corrected chi connectivity index (χ0v) is 13.3. The highest BCUT2D eigenvalue weighted by atomic mass is 35.5. The number of alkyl halides is 1. The van der Waals surface area contributed by atoms with E-state index in [1.54, 1.807) is 7.11 Å². The van der Waals surface area contributed by atoms with Gasteiger partial charge >= 0.3 is 0 Å². The first-order valence-electron chi connectivity index (χ1n) is 6.97. The molecule has 0 fully saturated rings. The number of methoxy groups -OCH3 is 1. The van der Waals surface area contributed by atoms with Gasteiger partial charge in [0.1, 0.15) is 18.1 Å². The van der Waals surface area contributed by atoms with E-state index >= 15 is 0 Å². The molecule has 0 bridgehead atoms. The van der Waals surface area contributed by atoms with Crippen LogP contribution in [-0.2, 0) is 17.2 Å². The highest BCUT2D eigenvalue weighted by Crippen LogP contribution is 2.22. The van der Waals surface area contributed by atoms with Gasteiger partial charge in [0.25, 0.3) is 0 Å². The predicted octanol–water partition coefficient (Wildman–Crippen LogP) is 2.70. The van der Waals surface area contributed by atoms with Crippen molar-refractivity contribution < 1.29 is 9.53 Å². The van der Waals surface area contributed by atoms with Crippen LogP contribution < -0.4 is 10.1 Å². The second kappa shape index (κ2) is 6.80. The first kappa shape index (κ1) is 15.6. The molecule has 1 heterocycles. The first-order valence-corrected chi connectivity index (χ1v) is 7.51. The standard InChI is InChI=1S/C15H20ClN3O2/c1-4-10(2)17-15(20)9-19-13-6-5-11(21-3)7-12(13)18-14(19)8-16/h5-7,10H,4,8-9H2,1-3H3,(H,17,20). The van der Waals surface area contributed by atoms with Crippen molar-refractivity contribution in [3.05, 3.63) is 24.0 Å². The van der Waals surface area contributed by atoms with Crippen molar-refractivity contribution in [3.63, 3.8) is 0 Å². The number of hydrogen-bond acceptors (Lipinski definition) is 3. The van der Waals surface area contributed by atoms with E-state index in [1.165, 1.54) is 0 Å². The molecule has 1 aromatic carbocycles. The maximum absolute atomic E-state index is 12.1. The summed E-state index contributed by atoms with van der Waals surface area (Å²) in [5.74, 6) is 1.63. The molecule has 2 aromatic rings. The number of hydrogen-bond donors (Lipinski definition) is 1. The van der Waals surface area contributed by atoms with Gasteiger partial charge in [0.2, 0.25) is 5.91 Å². The minimum Gasteiger partial charge on any atom is -0.497 e. The molecule has 0 aliphatic carbocycles. The minimum atomic E-state index is -0.0363. The number of carbonyl (C=O) groups is 1. The third kappa shape index (κ3) is 3.47. The maximum Gasteiger partial charge on any atom is 0.240 e. The molecule has 2 rings (SSSR count). The highest BCUT2D eigenvalue weighted by molar-refractivity contribution is 6.16. The van der Waals surface area contributed by atoms with E-state index in [4.69, 9.17) is 16.3 Å². The fourth-order valence-corrected chi connectivity index (χ4v) is 2.34. The maximum atomic E-state index is 12.1. The van der Waals surface area contributed by atoms with E-state index < -0.39 is 0 Å². The monoisotopic (exact) mass is 309 g/mol. The summed E-state index contributed by atoms with van der Waals surface area (Å²) in [5.41, 5.74) is 1.66. The molecule has 0 saturated heterocycles. The van der Waals surface area contributed by atoms with Crippen molar-refractivity contribution in [1.82, 2.24) is 14.9 Å². The van der Waals surface area contributed by atoms with E-state index in [-0.39, 0.29) is 24.4 Å². The van der Waals surface area contributed by atoms with Crippen molar-refractivity contribution in [2.45, 2.75) is 38.7 Å². The van der Waals surface area contributed by atoms with Gasteiger partial charge in [-0.05, 0) is 25.5 Å². The average Bonchev–Trinajstić information content (AvgIpc) is 2.83. The van der Waals surface area contributed by atoms with Crippen LogP contribution >= 0.6 is 11.6 Å². The molecule has 0 saturated carbocycles. The molecular formula is C15H20ClN3O2.